The minimum atomic E-state index is 0.774. The Hall–Kier alpha value is -0.820. The van der Waals surface area contributed by atoms with Crippen LogP contribution in [-0.4, -0.2) is 12.1 Å². The molecular formula is C19H27N. The molecule has 0 aromatic heterocycles. The highest BCUT2D eigenvalue weighted by Crippen LogP contribution is 2.51. The molecule has 1 nitrogen and oxygen atoms in total. The van der Waals surface area contributed by atoms with Crippen molar-refractivity contribution >= 4 is 0 Å². The number of benzene rings is 1. The number of nitrogens with one attached hydrogen (secondary N) is 1. The molecule has 4 bridgehead atoms. The molecule has 2 aliphatic carbocycles. The van der Waals surface area contributed by atoms with E-state index in [9.17, 15) is 0 Å². The van der Waals surface area contributed by atoms with Crippen LogP contribution in [0.25, 0.3) is 0 Å². The van der Waals surface area contributed by atoms with Gasteiger partial charge in [0.15, 0.2) is 0 Å². The molecule has 4 aliphatic rings. The average molecular weight is 269 g/mol. The van der Waals surface area contributed by atoms with Crippen LogP contribution in [0.15, 0.2) is 24.3 Å². The van der Waals surface area contributed by atoms with Crippen LogP contribution >= 0.6 is 0 Å². The van der Waals surface area contributed by atoms with Crippen LogP contribution in [0.3, 0.4) is 0 Å². The van der Waals surface area contributed by atoms with Crippen molar-refractivity contribution in [3.05, 3.63) is 35.4 Å². The van der Waals surface area contributed by atoms with E-state index in [1.54, 1.807) is 11.1 Å². The Morgan fingerprint density at radius 2 is 2.00 bits per heavy atom. The number of unbranched alkanes of at least 4 members (excludes halogenated alkanes) is 2. The summed E-state index contributed by atoms with van der Waals surface area (Å²) in [6, 6.07) is 10.8. The summed E-state index contributed by atoms with van der Waals surface area (Å²) in [4.78, 5) is 0. The molecule has 5 atom stereocenters. The lowest BCUT2D eigenvalue weighted by Crippen LogP contribution is -2.61. The normalized spacial score (nSPS) is 37.8. The van der Waals surface area contributed by atoms with Gasteiger partial charge in [0.25, 0.3) is 0 Å². The zero-order chi connectivity index (χ0) is 13.5. The molecule has 1 N–H and O–H groups in total. The van der Waals surface area contributed by atoms with E-state index >= 15 is 0 Å². The largest absolute Gasteiger partial charge is 0.310 e. The van der Waals surface area contributed by atoms with E-state index in [0.29, 0.717) is 0 Å². The van der Waals surface area contributed by atoms with Crippen LogP contribution in [-0.2, 0) is 6.42 Å². The van der Waals surface area contributed by atoms with Crippen LogP contribution in [0.2, 0.25) is 0 Å². The summed E-state index contributed by atoms with van der Waals surface area (Å²) in [6.07, 6.45) is 9.84. The smallest absolute Gasteiger partial charge is 0.0144 e. The fourth-order valence-electron chi connectivity index (χ4n) is 5.23. The van der Waals surface area contributed by atoms with Crippen LogP contribution in [0.5, 0.6) is 0 Å². The highest BCUT2D eigenvalue weighted by Gasteiger charge is 2.49. The molecule has 1 aromatic carbocycles. The zero-order valence-corrected chi connectivity index (χ0v) is 12.6. The van der Waals surface area contributed by atoms with Gasteiger partial charge in [0, 0.05) is 12.1 Å². The maximum absolute atomic E-state index is 4.00. The molecule has 0 amide bonds. The molecule has 1 saturated carbocycles. The van der Waals surface area contributed by atoms with E-state index < -0.39 is 0 Å². The summed E-state index contributed by atoms with van der Waals surface area (Å²) in [5.41, 5.74) is 3.31. The third-order valence-corrected chi connectivity index (χ3v) is 6.19. The van der Waals surface area contributed by atoms with Crippen molar-refractivity contribution in [3.63, 3.8) is 0 Å². The molecule has 1 heteroatoms. The highest BCUT2D eigenvalue weighted by atomic mass is 15.0. The van der Waals surface area contributed by atoms with Crippen molar-refractivity contribution in [1.29, 1.82) is 0 Å². The molecule has 108 valence electrons. The Balaban J connectivity index is 1.52. The van der Waals surface area contributed by atoms with Crippen LogP contribution in [0, 0.1) is 11.8 Å². The second-order valence-electron chi connectivity index (χ2n) is 7.28. The first kappa shape index (κ1) is 12.9. The second kappa shape index (κ2) is 5.18. The summed E-state index contributed by atoms with van der Waals surface area (Å²) >= 11 is 0. The number of rotatable bonds is 4. The van der Waals surface area contributed by atoms with Gasteiger partial charge in [-0.2, -0.15) is 0 Å². The van der Waals surface area contributed by atoms with Gasteiger partial charge in [0.2, 0.25) is 0 Å². The fourth-order valence-corrected chi connectivity index (χ4v) is 5.23. The van der Waals surface area contributed by atoms with E-state index in [4.69, 9.17) is 0 Å². The third kappa shape index (κ3) is 2.02. The van der Waals surface area contributed by atoms with Crippen molar-refractivity contribution in [3.8, 4) is 0 Å². The first-order chi connectivity index (χ1) is 9.86. The molecule has 5 unspecified atom stereocenters. The van der Waals surface area contributed by atoms with Crippen LogP contribution in [0.1, 0.15) is 62.5 Å². The molecule has 20 heavy (non-hydrogen) atoms. The Morgan fingerprint density at radius 3 is 2.85 bits per heavy atom. The second-order valence-corrected chi connectivity index (χ2v) is 7.28. The number of fused-ring (bicyclic) bond motifs is 2. The first-order valence-electron chi connectivity index (χ1n) is 8.70. The maximum atomic E-state index is 4.00. The van der Waals surface area contributed by atoms with E-state index in [1.807, 2.05) is 0 Å². The molecule has 2 heterocycles. The van der Waals surface area contributed by atoms with Crippen molar-refractivity contribution < 1.29 is 0 Å². The summed E-state index contributed by atoms with van der Waals surface area (Å²) in [7, 11) is 0. The Labute approximate surface area is 123 Å². The SMILES string of the molecule is CCCCCC1CC2C3Cc4ccccc4C2CC1N3. The predicted molar refractivity (Wildman–Crippen MR) is 84.0 cm³/mol. The van der Waals surface area contributed by atoms with Crippen molar-refractivity contribution in [2.75, 3.05) is 0 Å². The standard InChI is InChI=1S/C19H27N/c1-2-3-4-8-14-10-17-16-12-18(14)20-19(17)11-13-7-5-6-9-15(13)16/h5-7,9,14,16-20H,2-4,8,10-12H2,1H3. The average Bonchev–Trinajstić information content (AvgIpc) is 2.48. The molecular weight excluding hydrogens is 242 g/mol. The molecule has 1 aromatic rings. The quantitative estimate of drug-likeness (QED) is 0.805. The van der Waals surface area contributed by atoms with Gasteiger partial charge in [-0.05, 0) is 54.6 Å². The van der Waals surface area contributed by atoms with Gasteiger partial charge in [-0.3, -0.25) is 0 Å². The van der Waals surface area contributed by atoms with E-state index in [0.717, 1.165) is 29.8 Å². The van der Waals surface area contributed by atoms with Gasteiger partial charge >= 0.3 is 0 Å². The number of hydrogen-bond donors (Lipinski definition) is 1. The minimum absolute atomic E-state index is 0.774. The van der Waals surface area contributed by atoms with Crippen LogP contribution < -0.4 is 5.32 Å². The van der Waals surface area contributed by atoms with Gasteiger partial charge in [-0.25, -0.2) is 0 Å². The fraction of sp³-hybridized carbons (Fsp3) is 0.684. The predicted octanol–water partition coefficient (Wildman–Crippen LogP) is 4.27. The Kier molecular flexibility index (Phi) is 3.34. The van der Waals surface area contributed by atoms with E-state index in [1.165, 1.54) is 44.9 Å². The number of hydrogen-bond acceptors (Lipinski definition) is 1. The Bertz CT molecular complexity index is 480. The van der Waals surface area contributed by atoms with Gasteiger partial charge < -0.3 is 5.32 Å². The van der Waals surface area contributed by atoms with Gasteiger partial charge in [0.05, 0.1) is 0 Å². The zero-order valence-electron chi connectivity index (χ0n) is 12.6. The van der Waals surface area contributed by atoms with Crippen LogP contribution in [0.4, 0.5) is 0 Å². The first-order valence-corrected chi connectivity index (χ1v) is 8.70. The topological polar surface area (TPSA) is 12.0 Å². The highest BCUT2D eigenvalue weighted by molar-refractivity contribution is 5.37. The lowest BCUT2D eigenvalue weighted by molar-refractivity contribution is 0.0518. The monoisotopic (exact) mass is 269 g/mol. The lowest BCUT2D eigenvalue weighted by Gasteiger charge is -2.55. The van der Waals surface area contributed by atoms with E-state index in [2.05, 4.69) is 36.5 Å². The molecule has 2 saturated heterocycles. The van der Waals surface area contributed by atoms with Crippen molar-refractivity contribution in [1.82, 2.24) is 5.32 Å². The summed E-state index contributed by atoms with van der Waals surface area (Å²) in [5.74, 6) is 2.74. The summed E-state index contributed by atoms with van der Waals surface area (Å²) < 4.78 is 0. The molecule has 2 aliphatic heterocycles. The van der Waals surface area contributed by atoms with E-state index in [-0.39, 0.29) is 0 Å². The summed E-state index contributed by atoms with van der Waals surface area (Å²) in [5, 5.41) is 4.00. The van der Waals surface area contributed by atoms with Crippen molar-refractivity contribution in [2.24, 2.45) is 11.8 Å². The van der Waals surface area contributed by atoms with Gasteiger partial charge in [-0.15, -0.1) is 0 Å². The van der Waals surface area contributed by atoms with Crippen molar-refractivity contribution in [2.45, 2.75) is 69.9 Å². The van der Waals surface area contributed by atoms with Gasteiger partial charge in [0.1, 0.15) is 0 Å². The molecule has 0 radical (unpaired) electrons. The summed E-state index contributed by atoms with van der Waals surface area (Å²) in [6.45, 7) is 2.31. The Morgan fingerprint density at radius 1 is 1.10 bits per heavy atom. The molecule has 5 rings (SSSR count). The van der Waals surface area contributed by atoms with Gasteiger partial charge in [-0.1, -0.05) is 50.5 Å². The maximum Gasteiger partial charge on any atom is 0.0144 e. The number of piperidine rings is 2. The lowest BCUT2D eigenvalue weighted by atomic mass is 9.57. The molecule has 3 fully saturated rings. The minimum Gasteiger partial charge on any atom is -0.310 e. The third-order valence-electron chi connectivity index (χ3n) is 6.19. The molecule has 0 spiro atoms.